The number of carbonyl (C=O) groups is 1. The summed E-state index contributed by atoms with van der Waals surface area (Å²) in [5, 5.41) is 11.8. The lowest BCUT2D eigenvalue weighted by Gasteiger charge is -2.31. The average Bonchev–Trinajstić information content (AvgIpc) is 3.25. The average molecular weight is 476 g/mol. The first-order valence-electron chi connectivity index (χ1n) is 11.5. The van der Waals surface area contributed by atoms with E-state index in [1.807, 2.05) is 31.0 Å². The normalized spacial score (nSPS) is 19.6. The van der Waals surface area contributed by atoms with Crippen LogP contribution in [0.2, 0.25) is 0 Å². The smallest absolute Gasteiger partial charge is 0.343 e. The van der Waals surface area contributed by atoms with Crippen molar-refractivity contribution in [3.8, 4) is 22.9 Å². The summed E-state index contributed by atoms with van der Waals surface area (Å²) >= 11 is 0. The Hall–Kier alpha value is -3.92. The number of aliphatic imine (C=N–C) groups is 1. The van der Waals surface area contributed by atoms with Gasteiger partial charge in [-0.25, -0.2) is 14.8 Å². The Bertz CT molecular complexity index is 1510. The summed E-state index contributed by atoms with van der Waals surface area (Å²) in [6.07, 6.45) is 1.83. The number of cyclic esters (lactones) is 1. The second-order valence-electron chi connectivity index (χ2n) is 8.90. The van der Waals surface area contributed by atoms with Crippen LogP contribution < -0.4 is 15.0 Å². The molecular formula is C25H24N4O6. The Morgan fingerprint density at radius 2 is 2.00 bits per heavy atom. The van der Waals surface area contributed by atoms with Crippen LogP contribution in [0.4, 0.5) is 5.69 Å². The predicted molar refractivity (Wildman–Crippen MR) is 127 cm³/mol. The van der Waals surface area contributed by atoms with Gasteiger partial charge in [0.05, 0.1) is 40.7 Å². The van der Waals surface area contributed by atoms with Crippen LogP contribution in [0, 0.1) is 0 Å². The van der Waals surface area contributed by atoms with Gasteiger partial charge in [0.15, 0.2) is 11.4 Å². The summed E-state index contributed by atoms with van der Waals surface area (Å²) in [4.78, 5) is 37.2. The fraction of sp³-hybridized carbons (Fsp3) is 0.360. The Balaban J connectivity index is 1.57. The number of hydrogen-bond acceptors (Lipinski definition) is 8. The summed E-state index contributed by atoms with van der Waals surface area (Å²) in [6.45, 7) is 4.62. The lowest BCUT2D eigenvalue weighted by atomic mass is 9.86. The second-order valence-corrected chi connectivity index (χ2v) is 8.90. The maximum atomic E-state index is 13.4. The van der Waals surface area contributed by atoms with Gasteiger partial charge in [0, 0.05) is 24.7 Å². The highest BCUT2D eigenvalue weighted by Crippen LogP contribution is 2.49. The Morgan fingerprint density at radius 1 is 1.20 bits per heavy atom. The van der Waals surface area contributed by atoms with Gasteiger partial charge in [-0.15, -0.1) is 0 Å². The number of hydrogen-bond donors (Lipinski definition) is 1. The topological polar surface area (TPSA) is 115 Å². The number of pyridine rings is 2. The maximum Gasteiger partial charge on any atom is 0.343 e. The molecule has 1 aromatic carbocycles. The molecule has 0 aliphatic carbocycles. The third-order valence-electron chi connectivity index (χ3n) is 7.04. The van der Waals surface area contributed by atoms with E-state index in [4.69, 9.17) is 19.2 Å². The molecule has 10 nitrogen and oxygen atoms in total. The molecule has 6 rings (SSSR count). The van der Waals surface area contributed by atoms with Gasteiger partial charge in [-0.05, 0) is 31.5 Å². The lowest BCUT2D eigenvalue weighted by molar-refractivity contribution is -0.172. The minimum atomic E-state index is -1.87. The van der Waals surface area contributed by atoms with Crippen LogP contribution in [0.3, 0.4) is 0 Å². The molecule has 0 unspecified atom stereocenters. The fourth-order valence-corrected chi connectivity index (χ4v) is 4.89. The van der Waals surface area contributed by atoms with Crippen LogP contribution in [0.5, 0.6) is 11.5 Å². The number of ether oxygens (including phenoxy) is 3. The lowest BCUT2D eigenvalue weighted by Crippen LogP contribution is -2.44. The summed E-state index contributed by atoms with van der Waals surface area (Å²) < 4.78 is 18.5. The van der Waals surface area contributed by atoms with Gasteiger partial charge < -0.3 is 28.8 Å². The van der Waals surface area contributed by atoms with Crippen molar-refractivity contribution >= 4 is 28.9 Å². The molecule has 5 heterocycles. The van der Waals surface area contributed by atoms with E-state index in [1.54, 1.807) is 23.9 Å². The molecule has 0 fully saturated rings. The standard InChI is InChI=1S/C25H24N4O6/c1-4-25(32)15-8-18-20-13(9-29(18)23(30)14(15)10-33-24(25)31)21-19-16(27-20)6-7-17(22(19)35-12-34-21)26-11-28(3)5-2/h6-8,11,32H,4-5,9-10,12H2,1-3H3/t25-/m0/s1. The third-order valence-corrected chi connectivity index (χ3v) is 7.04. The van der Waals surface area contributed by atoms with Crippen molar-refractivity contribution in [3.63, 3.8) is 0 Å². The zero-order valence-corrected chi connectivity index (χ0v) is 19.6. The minimum absolute atomic E-state index is 0.00831. The number of rotatable bonds is 4. The van der Waals surface area contributed by atoms with Gasteiger partial charge in [0.2, 0.25) is 6.79 Å². The van der Waals surface area contributed by atoms with Crippen molar-refractivity contribution in [1.82, 2.24) is 14.5 Å². The number of nitrogens with zero attached hydrogens (tertiary/aromatic N) is 4. The molecule has 0 saturated heterocycles. The highest BCUT2D eigenvalue weighted by molar-refractivity contribution is 5.99. The number of carbonyl (C=O) groups excluding carboxylic acids is 1. The molecule has 3 aromatic rings. The first-order chi connectivity index (χ1) is 16.9. The van der Waals surface area contributed by atoms with Crippen LogP contribution in [0.25, 0.3) is 22.3 Å². The number of fused-ring (bicyclic) bond motifs is 5. The largest absolute Gasteiger partial charge is 0.458 e. The minimum Gasteiger partial charge on any atom is -0.458 e. The molecule has 0 spiro atoms. The third kappa shape index (κ3) is 2.92. The van der Waals surface area contributed by atoms with E-state index in [-0.39, 0.29) is 43.1 Å². The molecular weight excluding hydrogens is 452 g/mol. The Kier molecular flexibility index (Phi) is 4.65. The van der Waals surface area contributed by atoms with E-state index < -0.39 is 11.6 Å². The monoisotopic (exact) mass is 476 g/mol. The first kappa shape index (κ1) is 21.6. The van der Waals surface area contributed by atoms with E-state index in [9.17, 15) is 14.7 Å². The highest BCUT2D eigenvalue weighted by Gasteiger charge is 2.45. The predicted octanol–water partition coefficient (Wildman–Crippen LogP) is 2.42. The molecule has 0 amide bonds. The van der Waals surface area contributed by atoms with Crippen LogP contribution in [-0.4, -0.2) is 52.3 Å². The van der Waals surface area contributed by atoms with Crippen molar-refractivity contribution < 1.29 is 24.1 Å². The molecule has 0 bridgehead atoms. The highest BCUT2D eigenvalue weighted by atomic mass is 16.7. The van der Waals surface area contributed by atoms with Crippen molar-refractivity contribution in [2.75, 3.05) is 20.4 Å². The molecule has 3 aliphatic rings. The molecule has 2 aromatic heterocycles. The van der Waals surface area contributed by atoms with Gasteiger partial charge in [-0.3, -0.25) is 4.79 Å². The molecule has 1 N–H and O–H groups in total. The Labute approximate surface area is 200 Å². The van der Waals surface area contributed by atoms with E-state index in [0.717, 1.165) is 12.1 Å². The van der Waals surface area contributed by atoms with E-state index in [0.29, 0.717) is 39.5 Å². The van der Waals surface area contributed by atoms with E-state index in [2.05, 4.69) is 4.99 Å². The van der Waals surface area contributed by atoms with E-state index in [1.165, 1.54) is 0 Å². The van der Waals surface area contributed by atoms with Crippen LogP contribution >= 0.6 is 0 Å². The molecule has 180 valence electrons. The molecule has 3 aliphatic heterocycles. The molecule has 10 heteroatoms. The van der Waals surface area contributed by atoms with Crippen LogP contribution in [0.15, 0.2) is 28.0 Å². The van der Waals surface area contributed by atoms with Gasteiger partial charge in [-0.2, -0.15) is 0 Å². The van der Waals surface area contributed by atoms with E-state index >= 15 is 0 Å². The number of aliphatic hydroxyl groups is 1. The zero-order valence-electron chi connectivity index (χ0n) is 19.6. The SMILES string of the molecule is CCN(C)C=Nc1ccc2nc3c(c4c2c1OCO4)Cn1c-3cc2c(c1=O)COC(=O)[C@]2(O)CC. The quantitative estimate of drug-likeness (QED) is 0.271. The second kappa shape index (κ2) is 7.54. The van der Waals surface area contributed by atoms with Crippen molar-refractivity contribution in [3.05, 3.63) is 45.2 Å². The van der Waals surface area contributed by atoms with Crippen LogP contribution in [0.1, 0.15) is 37.0 Å². The molecule has 0 saturated carbocycles. The molecule has 1 atom stereocenters. The summed E-state index contributed by atoms with van der Waals surface area (Å²) in [5.41, 5.74) is 1.55. The summed E-state index contributed by atoms with van der Waals surface area (Å²) in [6, 6.07) is 5.38. The number of aromatic nitrogens is 2. The van der Waals surface area contributed by atoms with Crippen molar-refractivity contribution in [2.24, 2.45) is 4.99 Å². The molecule has 0 radical (unpaired) electrons. The van der Waals surface area contributed by atoms with Gasteiger partial charge in [0.25, 0.3) is 5.56 Å². The zero-order chi connectivity index (χ0) is 24.5. The maximum absolute atomic E-state index is 13.4. The van der Waals surface area contributed by atoms with Gasteiger partial charge in [-0.1, -0.05) is 6.92 Å². The fourth-order valence-electron chi connectivity index (χ4n) is 4.89. The molecule has 35 heavy (non-hydrogen) atoms. The van der Waals surface area contributed by atoms with Crippen molar-refractivity contribution in [2.45, 2.75) is 39.0 Å². The number of benzene rings is 1. The number of esters is 1. The van der Waals surface area contributed by atoms with Gasteiger partial charge in [0.1, 0.15) is 18.0 Å². The van der Waals surface area contributed by atoms with Crippen molar-refractivity contribution in [1.29, 1.82) is 0 Å². The summed E-state index contributed by atoms with van der Waals surface area (Å²) in [5.74, 6) is 0.441. The summed E-state index contributed by atoms with van der Waals surface area (Å²) in [7, 11) is 1.94. The first-order valence-corrected chi connectivity index (χ1v) is 11.5. The van der Waals surface area contributed by atoms with Gasteiger partial charge >= 0.3 is 5.97 Å². The Morgan fingerprint density at radius 3 is 2.77 bits per heavy atom. The van der Waals surface area contributed by atoms with Crippen LogP contribution in [-0.2, 0) is 28.3 Å².